The lowest BCUT2D eigenvalue weighted by Crippen LogP contribution is -2.77. The molecule has 5 nitrogen and oxygen atoms in total. The lowest BCUT2D eigenvalue weighted by molar-refractivity contribution is -0.967. The van der Waals surface area contributed by atoms with Crippen LogP contribution in [0.25, 0.3) is 0 Å². The maximum Gasteiger partial charge on any atom is 0.176 e. The summed E-state index contributed by atoms with van der Waals surface area (Å²) in [5, 5.41) is 9.78. The highest BCUT2D eigenvalue weighted by Gasteiger charge is 2.62. The van der Waals surface area contributed by atoms with Gasteiger partial charge in [-0.2, -0.15) is 5.26 Å². The van der Waals surface area contributed by atoms with Crippen LogP contribution in [-0.2, 0) is 6.54 Å². The van der Waals surface area contributed by atoms with Crippen LogP contribution in [0.5, 0.6) is 0 Å². The van der Waals surface area contributed by atoms with Gasteiger partial charge in [0.05, 0.1) is 12.6 Å². The molecule has 1 aromatic rings. The van der Waals surface area contributed by atoms with Crippen molar-refractivity contribution in [3.05, 3.63) is 35.9 Å². The second-order valence-electron chi connectivity index (χ2n) is 7.90. The molecule has 0 saturated carbocycles. The molecule has 5 heteroatoms. The molecule has 0 radical (unpaired) electrons. The second-order valence-corrected chi connectivity index (χ2v) is 7.90. The molecule has 4 saturated heterocycles. The van der Waals surface area contributed by atoms with Crippen molar-refractivity contribution in [1.29, 1.82) is 5.26 Å². The van der Waals surface area contributed by atoms with Gasteiger partial charge in [0.1, 0.15) is 19.3 Å². The highest BCUT2D eigenvalue weighted by molar-refractivity contribution is 5.15. The number of hydrogen-bond donors (Lipinski definition) is 0. The van der Waals surface area contributed by atoms with E-state index in [0.717, 1.165) is 30.7 Å². The Morgan fingerprint density at radius 1 is 1.04 bits per heavy atom. The molecular formula is C19H26N5+. The molecule has 24 heavy (non-hydrogen) atoms. The van der Waals surface area contributed by atoms with Crippen molar-refractivity contribution in [2.24, 2.45) is 0 Å². The maximum absolute atomic E-state index is 9.78. The fourth-order valence-corrected chi connectivity index (χ4v) is 5.73. The first-order chi connectivity index (χ1) is 11.8. The van der Waals surface area contributed by atoms with E-state index < -0.39 is 0 Å². The van der Waals surface area contributed by atoms with Crippen LogP contribution in [0.4, 0.5) is 0 Å². The van der Waals surface area contributed by atoms with Crippen LogP contribution >= 0.6 is 0 Å². The predicted octanol–water partition coefficient (Wildman–Crippen LogP) is 0.898. The van der Waals surface area contributed by atoms with Gasteiger partial charge in [-0.1, -0.05) is 30.3 Å². The molecule has 0 N–H and O–H groups in total. The Kier molecular flexibility index (Phi) is 3.43. The van der Waals surface area contributed by atoms with E-state index >= 15 is 0 Å². The van der Waals surface area contributed by atoms with Crippen molar-refractivity contribution in [2.75, 3.05) is 45.8 Å². The largest absolute Gasteiger partial charge is 0.299 e. The van der Waals surface area contributed by atoms with Crippen molar-refractivity contribution in [3.63, 3.8) is 0 Å². The number of quaternary nitrogens is 1. The van der Waals surface area contributed by atoms with Crippen LogP contribution in [0.2, 0.25) is 0 Å². The molecule has 126 valence electrons. The van der Waals surface area contributed by atoms with Crippen LogP contribution in [0, 0.1) is 11.3 Å². The zero-order valence-electron chi connectivity index (χ0n) is 14.2. The van der Waals surface area contributed by atoms with Crippen LogP contribution < -0.4 is 0 Å². The molecule has 1 aromatic carbocycles. The molecule has 4 heterocycles. The Labute approximate surface area is 144 Å². The Morgan fingerprint density at radius 3 is 2.62 bits per heavy atom. The molecule has 4 atom stereocenters. The Bertz CT molecular complexity index is 649. The lowest BCUT2D eigenvalue weighted by atomic mass is 10.0. The van der Waals surface area contributed by atoms with E-state index in [9.17, 15) is 5.26 Å². The SMILES string of the molecule is N#C[C@H]1C[N+]2(Cc3ccccc3)CCN3CCCN4CCN1[C@H]2[C@@H]43. The molecule has 5 rings (SSSR count). The van der Waals surface area contributed by atoms with Gasteiger partial charge in [-0.15, -0.1) is 0 Å². The number of rotatable bonds is 2. The molecule has 4 aliphatic rings. The number of hydrogen-bond acceptors (Lipinski definition) is 4. The van der Waals surface area contributed by atoms with Gasteiger partial charge in [0.15, 0.2) is 12.2 Å². The van der Waals surface area contributed by atoms with E-state index in [2.05, 4.69) is 51.1 Å². The number of nitrogens with zero attached hydrogens (tertiary/aromatic N) is 5. The topological polar surface area (TPSA) is 33.5 Å². The van der Waals surface area contributed by atoms with E-state index in [1.165, 1.54) is 38.2 Å². The Hall–Kier alpha value is -1.45. The summed E-state index contributed by atoms with van der Waals surface area (Å²) in [7, 11) is 0. The molecule has 0 aromatic heterocycles. The van der Waals surface area contributed by atoms with Crippen molar-refractivity contribution in [1.82, 2.24) is 14.7 Å². The summed E-state index contributed by atoms with van der Waals surface area (Å²) in [6.45, 7) is 9.06. The van der Waals surface area contributed by atoms with Crippen LogP contribution in [-0.4, -0.2) is 83.4 Å². The number of piperazine rings is 2. The smallest absolute Gasteiger partial charge is 0.176 e. The second kappa shape index (κ2) is 5.53. The van der Waals surface area contributed by atoms with Crippen LogP contribution in [0.1, 0.15) is 12.0 Å². The minimum Gasteiger partial charge on any atom is -0.299 e. The Morgan fingerprint density at radius 2 is 1.83 bits per heavy atom. The normalized spacial score (nSPS) is 39.4. The molecule has 4 aliphatic heterocycles. The summed E-state index contributed by atoms with van der Waals surface area (Å²) in [4.78, 5) is 7.94. The summed E-state index contributed by atoms with van der Waals surface area (Å²) < 4.78 is 1.08. The standard InChI is InChI=1S/C19H26N5/c20-13-17-15-24(14-16-5-2-1-3-6-16)12-11-22-8-4-7-21-9-10-23(17)19(24)18(21)22/h1-3,5-6,17-19H,4,7-12,14-15H2/q+1/t17-,18-,19+,24?/m0/s1. The van der Waals surface area contributed by atoms with Gasteiger partial charge in [-0.25, -0.2) is 4.90 Å². The van der Waals surface area contributed by atoms with E-state index in [0.29, 0.717) is 12.3 Å². The predicted molar refractivity (Wildman–Crippen MR) is 91.6 cm³/mol. The Balaban J connectivity index is 1.55. The first-order valence-corrected chi connectivity index (χ1v) is 9.34. The van der Waals surface area contributed by atoms with Gasteiger partial charge in [0, 0.05) is 38.3 Å². The van der Waals surface area contributed by atoms with Crippen molar-refractivity contribution in [2.45, 2.75) is 31.3 Å². The van der Waals surface area contributed by atoms with E-state index in [4.69, 9.17) is 0 Å². The fourth-order valence-electron chi connectivity index (χ4n) is 5.73. The van der Waals surface area contributed by atoms with Gasteiger partial charge >= 0.3 is 0 Å². The third kappa shape index (κ3) is 2.07. The minimum atomic E-state index is 0.0859. The van der Waals surface area contributed by atoms with Crippen LogP contribution in [0.3, 0.4) is 0 Å². The monoisotopic (exact) mass is 324 g/mol. The zero-order chi connectivity index (χ0) is 16.1. The van der Waals surface area contributed by atoms with Crippen molar-refractivity contribution in [3.8, 4) is 6.07 Å². The first kappa shape index (κ1) is 14.9. The third-order valence-corrected chi connectivity index (χ3v) is 6.71. The molecular weight excluding hydrogens is 298 g/mol. The summed E-state index contributed by atoms with van der Waals surface area (Å²) in [6.07, 6.45) is 2.28. The van der Waals surface area contributed by atoms with Crippen molar-refractivity contribution < 1.29 is 4.48 Å². The highest BCUT2D eigenvalue weighted by Crippen LogP contribution is 2.41. The average molecular weight is 324 g/mol. The third-order valence-electron chi connectivity index (χ3n) is 6.71. The average Bonchev–Trinajstić information content (AvgIpc) is 2.96. The van der Waals surface area contributed by atoms with Crippen molar-refractivity contribution >= 4 is 0 Å². The molecule has 0 aliphatic carbocycles. The van der Waals surface area contributed by atoms with Gasteiger partial charge < -0.3 is 0 Å². The lowest BCUT2D eigenvalue weighted by Gasteiger charge is -2.59. The van der Waals surface area contributed by atoms with E-state index in [1.807, 2.05) is 0 Å². The quantitative estimate of drug-likeness (QED) is 0.757. The van der Waals surface area contributed by atoms with Crippen LogP contribution in [0.15, 0.2) is 30.3 Å². The van der Waals surface area contributed by atoms with Gasteiger partial charge in [0.2, 0.25) is 0 Å². The fraction of sp³-hybridized carbons (Fsp3) is 0.632. The minimum absolute atomic E-state index is 0.0859. The molecule has 0 amide bonds. The summed E-state index contributed by atoms with van der Waals surface area (Å²) in [5.74, 6) is 0. The van der Waals surface area contributed by atoms with Gasteiger partial charge in [0.25, 0.3) is 0 Å². The number of nitriles is 1. The molecule has 0 bridgehead atoms. The first-order valence-electron chi connectivity index (χ1n) is 9.34. The van der Waals surface area contributed by atoms with E-state index in [1.54, 1.807) is 0 Å². The zero-order valence-corrected chi connectivity index (χ0v) is 14.2. The van der Waals surface area contributed by atoms with Gasteiger partial charge in [-0.05, 0) is 6.42 Å². The summed E-state index contributed by atoms with van der Waals surface area (Å²) in [5.41, 5.74) is 1.41. The molecule has 0 spiro atoms. The summed E-state index contributed by atoms with van der Waals surface area (Å²) >= 11 is 0. The van der Waals surface area contributed by atoms with Gasteiger partial charge in [-0.3, -0.25) is 14.3 Å². The molecule has 1 unspecified atom stereocenters. The number of benzene rings is 1. The maximum atomic E-state index is 9.78. The molecule has 4 fully saturated rings. The highest BCUT2D eigenvalue weighted by atomic mass is 15.6. The summed E-state index contributed by atoms with van der Waals surface area (Å²) in [6, 6.07) is 13.6. The van der Waals surface area contributed by atoms with E-state index in [-0.39, 0.29) is 6.04 Å².